The van der Waals surface area contributed by atoms with Crippen LogP contribution in [0.1, 0.15) is 24.8 Å². The van der Waals surface area contributed by atoms with E-state index in [-0.39, 0.29) is 0 Å². The Morgan fingerprint density at radius 2 is 1.89 bits per heavy atom. The number of amides is 2. The number of nitrogens with two attached hydrogens (primary N) is 1. The van der Waals surface area contributed by atoms with Crippen LogP contribution in [0.15, 0.2) is 48.5 Å². The van der Waals surface area contributed by atoms with Crippen LogP contribution in [0, 0.1) is 0 Å². The molecular weight excluding hydrogens is 382 g/mol. The standard InChI is InChI=1S/C20H24ClN3O4/c21-16-12-15(9-10-18(16)28-13-14-6-2-1-3-7-14)23-20(27)24-17(19(25)26)8-4-5-11-22/h1-3,6-7,9-10,12,17H,4-5,8,11,13,22H2,(H,25,26)(H2,23,24,27). The van der Waals surface area contributed by atoms with Gasteiger partial charge >= 0.3 is 12.0 Å². The first-order chi connectivity index (χ1) is 13.5. The van der Waals surface area contributed by atoms with Crippen molar-refractivity contribution in [2.75, 3.05) is 11.9 Å². The molecule has 0 aliphatic rings. The van der Waals surface area contributed by atoms with E-state index in [1.165, 1.54) is 0 Å². The topological polar surface area (TPSA) is 114 Å². The summed E-state index contributed by atoms with van der Waals surface area (Å²) >= 11 is 6.22. The summed E-state index contributed by atoms with van der Waals surface area (Å²) in [5.74, 6) is -0.600. The molecule has 150 valence electrons. The van der Waals surface area contributed by atoms with Crippen LogP contribution in [-0.2, 0) is 11.4 Å². The number of nitrogens with one attached hydrogen (secondary N) is 2. The lowest BCUT2D eigenvalue weighted by Crippen LogP contribution is -2.43. The fraction of sp³-hybridized carbons (Fsp3) is 0.300. The molecule has 0 radical (unpaired) electrons. The Morgan fingerprint density at radius 3 is 2.54 bits per heavy atom. The molecule has 2 amide bonds. The first-order valence-corrected chi connectivity index (χ1v) is 9.34. The third-order valence-electron chi connectivity index (χ3n) is 3.98. The van der Waals surface area contributed by atoms with E-state index in [0.717, 1.165) is 5.56 Å². The highest BCUT2D eigenvalue weighted by atomic mass is 35.5. The van der Waals surface area contributed by atoms with Crippen molar-refractivity contribution in [3.05, 3.63) is 59.1 Å². The van der Waals surface area contributed by atoms with Gasteiger partial charge in [0, 0.05) is 5.69 Å². The lowest BCUT2D eigenvalue weighted by Gasteiger charge is -2.15. The summed E-state index contributed by atoms with van der Waals surface area (Å²) in [6.07, 6.45) is 1.63. The van der Waals surface area contributed by atoms with Gasteiger partial charge in [-0.1, -0.05) is 41.9 Å². The minimum Gasteiger partial charge on any atom is -0.487 e. The molecule has 2 rings (SSSR count). The highest BCUT2D eigenvalue weighted by Gasteiger charge is 2.19. The molecule has 0 saturated heterocycles. The molecule has 1 unspecified atom stereocenters. The summed E-state index contributed by atoms with van der Waals surface area (Å²) in [7, 11) is 0. The van der Waals surface area contributed by atoms with E-state index in [9.17, 15) is 14.7 Å². The van der Waals surface area contributed by atoms with Crippen molar-refractivity contribution in [2.45, 2.75) is 31.9 Å². The first-order valence-electron chi connectivity index (χ1n) is 8.96. The third-order valence-corrected chi connectivity index (χ3v) is 4.27. The number of halogens is 1. The largest absolute Gasteiger partial charge is 0.487 e. The van der Waals surface area contributed by atoms with Crippen LogP contribution in [-0.4, -0.2) is 29.7 Å². The molecule has 0 bridgehead atoms. The first kappa shape index (κ1) is 21.5. The van der Waals surface area contributed by atoms with E-state index >= 15 is 0 Å². The molecule has 0 aliphatic heterocycles. The van der Waals surface area contributed by atoms with Gasteiger partial charge in [0.25, 0.3) is 0 Å². The number of rotatable bonds is 10. The fourth-order valence-corrected chi connectivity index (χ4v) is 2.74. The predicted octanol–water partition coefficient (Wildman–Crippen LogP) is 3.62. The molecule has 0 heterocycles. The third kappa shape index (κ3) is 7.09. The SMILES string of the molecule is NCCCCC(NC(=O)Nc1ccc(OCc2ccccc2)c(Cl)c1)C(=O)O. The number of carboxylic acids is 1. The zero-order chi connectivity index (χ0) is 20.4. The monoisotopic (exact) mass is 405 g/mol. The second-order valence-corrected chi connectivity index (χ2v) is 6.60. The molecule has 0 aliphatic carbocycles. The average molecular weight is 406 g/mol. The Morgan fingerprint density at radius 1 is 1.14 bits per heavy atom. The van der Waals surface area contributed by atoms with Crippen molar-refractivity contribution in [2.24, 2.45) is 5.73 Å². The lowest BCUT2D eigenvalue weighted by molar-refractivity contribution is -0.139. The van der Waals surface area contributed by atoms with Crippen LogP contribution >= 0.6 is 11.6 Å². The Labute approximate surface area is 168 Å². The van der Waals surface area contributed by atoms with E-state index in [4.69, 9.17) is 22.1 Å². The van der Waals surface area contributed by atoms with E-state index in [1.54, 1.807) is 18.2 Å². The van der Waals surface area contributed by atoms with E-state index < -0.39 is 18.0 Å². The van der Waals surface area contributed by atoms with Crippen LogP contribution in [0.2, 0.25) is 5.02 Å². The number of aliphatic carboxylic acids is 1. The summed E-state index contributed by atoms with van der Waals surface area (Å²) < 4.78 is 5.69. The zero-order valence-corrected chi connectivity index (χ0v) is 16.1. The van der Waals surface area contributed by atoms with E-state index in [2.05, 4.69) is 10.6 Å². The van der Waals surface area contributed by atoms with Crippen LogP contribution in [0.4, 0.5) is 10.5 Å². The molecule has 2 aromatic rings. The minimum atomic E-state index is -1.09. The number of ether oxygens (including phenoxy) is 1. The number of benzene rings is 2. The second-order valence-electron chi connectivity index (χ2n) is 6.19. The van der Waals surface area contributed by atoms with Crippen LogP contribution in [0.3, 0.4) is 0 Å². The zero-order valence-electron chi connectivity index (χ0n) is 15.4. The van der Waals surface area contributed by atoms with Crippen molar-refractivity contribution in [3.8, 4) is 5.75 Å². The van der Waals surface area contributed by atoms with Crippen molar-refractivity contribution < 1.29 is 19.4 Å². The number of carbonyl (C=O) groups excluding carboxylic acids is 1. The molecule has 5 N–H and O–H groups in total. The van der Waals surface area contributed by atoms with Gasteiger partial charge < -0.3 is 26.2 Å². The maximum Gasteiger partial charge on any atom is 0.326 e. The van der Waals surface area contributed by atoms with Crippen molar-refractivity contribution in [1.82, 2.24) is 5.32 Å². The molecule has 8 heteroatoms. The van der Waals surface area contributed by atoms with Crippen LogP contribution < -0.4 is 21.1 Å². The second kappa shape index (κ2) is 11.2. The maximum absolute atomic E-state index is 12.1. The average Bonchev–Trinajstić information content (AvgIpc) is 2.67. The van der Waals surface area contributed by atoms with Gasteiger partial charge in [-0.25, -0.2) is 9.59 Å². The Kier molecular flexibility index (Phi) is 8.58. The normalized spacial score (nSPS) is 11.5. The van der Waals surface area contributed by atoms with Crippen molar-refractivity contribution >= 4 is 29.3 Å². The number of hydrogen-bond donors (Lipinski definition) is 4. The maximum atomic E-state index is 12.1. The predicted molar refractivity (Wildman–Crippen MR) is 109 cm³/mol. The molecule has 2 aromatic carbocycles. The summed E-state index contributed by atoms with van der Waals surface area (Å²) in [6, 6.07) is 12.9. The summed E-state index contributed by atoms with van der Waals surface area (Å²) in [6.45, 7) is 0.854. The molecule has 0 aromatic heterocycles. The van der Waals surface area contributed by atoms with Gasteiger partial charge in [-0.15, -0.1) is 0 Å². The minimum absolute atomic E-state index is 0.312. The van der Waals surface area contributed by atoms with Crippen molar-refractivity contribution in [3.63, 3.8) is 0 Å². The number of carboxylic acid groups (broad SMARTS) is 1. The van der Waals surface area contributed by atoms with E-state index in [0.29, 0.717) is 48.9 Å². The van der Waals surface area contributed by atoms with Crippen molar-refractivity contribution in [1.29, 1.82) is 0 Å². The summed E-state index contributed by atoms with van der Waals surface area (Å²) in [4.78, 5) is 23.3. The number of hydrogen-bond acceptors (Lipinski definition) is 4. The summed E-state index contributed by atoms with van der Waals surface area (Å²) in [5.41, 5.74) is 6.85. The molecule has 0 spiro atoms. The van der Waals surface area contributed by atoms with Gasteiger partial charge in [0.15, 0.2) is 0 Å². The molecule has 28 heavy (non-hydrogen) atoms. The van der Waals surface area contributed by atoms with Gasteiger partial charge in [0.1, 0.15) is 18.4 Å². The quantitative estimate of drug-likeness (QED) is 0.451. The van der Waals surface area contributed by atoms with Gasteiger partial charge in [0.05, 0.1) is 5.02 Å². The molecular formula is C20H24ClN3O4. The molecule has 1 atom stereocenters. The smallest absolute Gasteiger partial charge is 0.326 e. The van der Waals surface area contributed by atoms with Gasteiger partial charge in [0.2, 0.25) is 0 Å². The number of carbonyl (C=O) groups is 2. The van der Waals surface area contributed by atoms with E-state index in [1.807, 2.05) is 30.3 Å². The highest BCUT2D eigenvalue weighted by Crippen LogP contribution is 2.28. The highest BCUT2D eigenvalue weighted by molar-refractivity contribution is 6.32. The number of unbranched alkanes of at least 4 members (excludes halogenated alkanes) is 1. The Hall–Kier alpha value is -2.77. The Balaban J connectivity index is 1.90. The Bertz CT molecular complexity index is 786. The molecule has 0 fully saturated rings. The lowest BCUT2D eigenvalue weighted by atomic mass is 10.1. The fourth-order valence-electron chi connectivity index (χ4n) is 2.51. The van der Waals surface area contributed by atoms with Gasteiger partial charge in [-0.05, 0) is 49.6 Å². The molecule has 0 saturated carbocycles. The number of anilines is 1. The van der Waals surface area contributed by atoms with Gasteiger partial charge in [-0.3, -0.25) is 0 Å². The van der Waals surface area contributed by atoms with Gasteiger partial charge in [-0.2, -0.15) is 0 Å². The number of urea groups is 1. The van der Waals surface area contributed by atoms with Crippen LogP contribution in [0.25, 0.3) is 0 Å². The van der Waals surface area contributed by atoms with Crippen LogP contribution in [0.5, 0.6) is 5.75 Å². The summed E-state index contributed by atoms with van der Waals surface area (Å²) in [5, 5.41) is 14.6. The molecule has 7 nitrogen and oxygen atoms in total.